The molecule has 0 amide bonds. The third kappa shape index (κ3) is 4.87. The van der Waals surface area contributed by atoms with Crippen molar-refractivity contribution < 1.29 is 13.2 Å². The smallest absolute Gasteiger partial charge is 0.355 e. The molecule has 7 heteroatoms. The number of hydrogen-bond donors (Lipinski definition) is 3. The molecule has 0 spiro atoms. The highest BCUT2D eigenvalue weighted by Crippen LogP contribution is 2.24. The van der Waals surface area contributed by atoms with Gasteiger partial charge in [-0.05, 0) is 54.8 Å². The molecule has 4 N–H and O–H groups in total. The van der Waals surface area contributed by atoms with Crippen LogP contribution in [0.2, 0.25) is 0 Å². The van der Waals surface area contributed by atoms with Crippen LogP contribution in [0, 0.1) is 12.3 Å². The maximum absolute atomic E-state index is 12.7. The molecule has 0 bridgehead atoms. The molecular weight excluding hydrogens is 335 g/mol. The lowest BCUT2D eigenvalue weighted by atomic mass is 10.1. The van der Waals surface area contributed by atoms with Gasteiger partial charge in [-0.2, -0.15) is 13.2 Å². The zero-order chi connectivity index (χ0) is 17.7. The molecule has 0 aliphatic carbocycles. The summed E-state index contributed by atoms with van der Waals surface area (Å²) in [5, 5.41) is 15.6. The van der Waals surface area contributed by atoms with Crippen LogP contribution in [0.3, 0.4) is 0 Å². The Hall–Kier alpha value is -2.25. The van der Waals surface area contributed by atoms with Crippen molar-refractivity contribution in [1.29, 1.82) is 5.41 Å². The van der Waals surface area contributed by atoms with E-state index in [1.54, 1.807) is 48.5 Å². The summed E-state index contributed by atoms with van der Waals surface area (Å²) in [6, 6.07) is 14.0. The molecule has 2 aromatic carbocycles. The Morgan fingerprint density at radius 2 is 1.67 bits per heavy atom. The highest BCUT2D eigenvalue weighted by molar-refractivity contribution is 7.97. The standard InChI is InChI=1S/C17H16F3N3S/c1-11-2-4-12(5-3-11)15(10-16(21)17(18,19)20)23-13-6-8-14(24-22)9-7-13/h2-10,21,23H,22H2,1H3/b15-10-,21-16?. The molecule has 0 fully saturated rings. The molecule has 0 aromatic heterocycles. The maximum Gasteiger partial charge on any atom is 0.432 e. The summed E-state index contributed by atoms with van der Waals surface area (Å²) in [5.74, 6) is 0. The van der Waals surface area contributed by atoms with Gasteiger partial charge in [0.1, 0.15) is 5.71 Å². The van der Waals surface area contributed by atoms with Gasteiger partial charge in [0, 0.05) is 16.3 Å². The van der Waals surface area contributed by atoms with E-state index in [-0.39, 0.29) is 5.70 Å². The van der Waals surface area contributed by atoms with Crippen molar-refractivity contribution >= 4 is 29.0 Å². The van der Waals surface area contributed by atoms with E-state index >= 15 is 0 Å². The molecule has 0 heterocycles. The fourth-order valence-corrected chi connectivity index (χ4v) is 2.22. The number of nitrogens with two attached hydrogens (primary N) is 1. The van der Waals surface area contributed by atoms with E-state index in [1.165, 1.54) is 0 Å². The van der Waals surface area contributed by atoms with E-state index in [4.69, 9.17) is 10.5 Å². The Bertz CT molecular complexity index is 735. The van der Waals surface area contributed by atoms with Gasteiger partial charge in [-0.3, -0.25) is 10.5 Å². The number of rotatable bonds is 5. The molecule has 2 rings (SSSR count). The van der Waals surface area contributed by atoms with Gasteiger partial charge in [0.15, 0.2) is 0 Å². The second kappa shape index (κ2) is 7.55. The average molecular weight is 351 g/mol. The van der Waals surface area contributed by atoms with Gasteiger partial charge in [0.25, 0.3) is 0 Å². The molecule has 0 aliphatic rings. The number of halogens is 3. The summed E-state index contributed by atoms with van der Waals surface area (Å²) in [4.78, 5) is 0.837. The van der Waals surface area contributed by atoms with Gasteiger partial charge in [-0.1, -0.05) is 29.8 Å². The molecule has 126 valence electrons. The molecule has 0 saturated heterocycles. The Labute approximate surface area is 142 Å². The van der Waals surface area contributed by atoms with E-state index in [0.717, 1.165) is 28.5 Å². The van der Waals surface area contributed by atoms with Crippen LogP contribution in [-0.4, -0.2) is 11.9 Å². The zero-order valence-corrected chi connectivity index (χ0v) is 13.6. The normalized spacial score (nSPS) is 12.1. The fraction of sp³-hybridized carbons (Fsp3) is 0.118. The van der Waals surface area contributed by atoms with Crippen LogP contribution in [0.1, 0.15) is 11.1 Å². The second-order valence-electron chi connectivity index (χ2n) is 5.10. The predicted molar refractivity (Wildman–Crippen MR) is 93.0 cm³/mol. The van der Waals surface area contributed by atoms with Gasteiger partial charge in [-0.25, -0.2) is 0 Å². The largest absolute Gasteiger partial charge is 0.432 e. The van der Waals surface area contributed by atoms with Gasteiger partial charge in [0.05, 0.1) is 0 Å². The first kappa shape index (κ1) is 18.1. The Kier molecular flexibility index (Phi) is 5.69. The first-order valence-corrected chi connectivity index (χ1v) is 7.86. The predicted octanol–water partition coefficient (Wildman–Crippen LogP) is 5.00. The van der Waals surface area contributed by atoms with Gasteiger partial charge < -0.3 is 5.32 Å². The lowest BCUT2D eigenvalue weighted by molar-refractivity contribution is -0.0583. The number of alkyl halides is 3. The number of anilines is 1. The van der Waals surface area contributed by atoms with Crippen molar-refractivity contribution in [2.45, 2.75) is 18.0 Å². The molecule has 3 nitrogen and oxygen atoms in total. The van der Waals surface area contributed by atoms with Crippen molar-refractivity contribution in [2.75, 3.05) is 5.32 Å². The summed E-state index contributed by atoms with van der Waals surface area (Å²) < 4.78 is 38.1. The van der Waals surface area contributed by atoms with E-state index in [2.05, 4.69) is 5.32 Å². The van der Waals surface area contributed by atoms with E-state index < -0.39 is 11.9 Å². The van der Waals surface area contributed by atoms with Crippen LogP contribution >= 0.6 is 11.9 Å². The highest BCUT2D eigenvalue weighted by Gasteiger charge is 2.33. The van der Waals surface area contributed by atoms with Crippen molar-refractivity contribution in [3.05, 3.63) is 65.7 Å². The van der Waals surface area contributed by atoms with Crippen LogP contribution in [0.5, 0.6) is 0 Å². The molecule has 0 unspecified atom stereocenters. The molecule has 0 radical (unpaired) electrons. The van der Waals surface area contributed by atoms with Gasteiger partial charge in [0.2, 0.25) is 0 Å². The number of benzene rings is 2. The highest BCUT2D eigenvalue weighted by atomic mass is 32.2. The first-order valence-electron chi connectivity index (χ1n) is 6.98. The summed E-state index contributed by atoms with van der Waals surface area (Å²) in [5.41, 5.74) is 0.944. The van der Waals surface area contributed by atoms with Crippen molar-refractivity contribution in [2.24, 2.45) is 5.14 Å². The molecule has 0 saturated carbocycles. The monoisotopic (exact) mass is 351 g/mol. The lowest BCUT2D eigenvalue weighted by Gasteiger charge is -2.14. The molecule has 0 aliphatic heterocycles. The average Bonchev–Trinajstić information content (AvgIpc) is 2.54. The van der Waals surface area contributed by atoms with Crippen LogP contribution < -0.4 is 10.5 Å². The van der Waals surface area contributed by atoms with Crippen LogP contribution in [0.4, 0.5) is 18.9 Å². The fourth-order valence-electron chi connectivity index (χ4n) is 1.92. The summed E-state index contributed by atoms with van der Waals surface area (Å²) >= 11 is 1.08. The minimum absolute atomic E-state index is 0.200. The Morgan fingerprint density at radius 1 is 1.08 bits per heavy atom. The zero-order valence-electron chi connectivity index (χ0n) is 12.8. The number of aryl methyl sites for hydroxylation is 1. The van der Waals surface area contributed by atoms with Gasteiger partial charge >= 0.3 is 6.18 Å². The number of nitrogens with one attached hydrogen (secondary N) is 2. The molecule has 24 heavy (non-hydrogen) atoms. The third-order valence-corrected chi connectivity index (χ3v) is 3.77. The molecule has 2 aromatic rings. The van der Waals surface area contributed by atoms with E-state index in [0.29, 0.717) is 11.3 Å². The number of hydrogen-bond acceptors (Lipinski definition) is 4. The van der Waals surface area contributed by atoms with Crippen molar-refractivity contribution in [3.8, 4) is 0 Å². The maximum atomic E-state index is 12.7. The minimum atomic E-state index is -4.70. The van der Waals surface area contributed by atoms with Crippen LogP contribution in [-0.2, 0) is 0 Å². The minimum Gasteiger partial charge on any atom is -0.355 e. The van der Waals surface area contributed by atoms with E-state index in [9.17, 15) is 13.2 Å². The van der Waals surface area contributed by atoms with Crippen molar-refractivity contribution in [1.82, 2.24) is 0 Å². The quantitative estimate of drug-likeness (QED) is 0.525. The Morgan fingerprint density at radius 3 is 2.17 bits per heavy atom. The summed E-state index contributed by atoms with van der Waals surface area (Å²) in [6.07, 6.45) is -3.91. The SMILES string of the molecule is Cc1ccc(/C(=C/C(=N)C(F)(F)F)Nc2ccc(SN)cc2)cc1. The Balaban J connectivity index is 2.36. The first-order chi connectivity index (χ1) is 11.3. The summed E-state index contributed by atoms with van der Waals surface area (Å²) in [6.45, 7) is 1.89. The van der Waals surface area contributed by atoms with Gasteiger partial charge in [-0.15, -0.1) is 0 Å². The number of allylic oxidation sites excluding steroid dienone is 1. The molecular formula is C17H16F3N3S. The topological polar surface area (TPSA) is 61.9 Å². The third-order valence-electron chi connectivity index (χ3n) is 3.23. The van der Waals surface area contributed by atoms with Crippen LogP contribution in [0.15, 0.2) is 59.5 Å². The second-order valence-corrected chi connectivity index (χ2v) is 5.81. The summed E-state index contributed by atoms with van der Waals surface area (Å²) in [7, 11) is 0. The molecule has 0 atom stereocenters. The van der Waals surface area contributed by atoms with Crippen LogP contribution in [0.25, 0.3) is 5.70 Å². The van der Waals surface area contributed by atoms with E-state index in [1.807, 2.05) is 6.92 Å². The lowest BCUT2D eigenvalue weighted by Crippen LogP contribution is -2.20. The van der Waals surface area contributed by atoms with Crippen molar-refractivity contribution in [3.63, 3.8) is 0 Å².